The summed E-state index contributed by atoms with van der Waals surface area (Å²) in [6.45, 7) is 3.96. The number of para-hydroxylation sites is 1. The van der Waals surface area contributed by atoms with Crippen LogP contribution in [-0.2, 0) is 0 Å². The summed E-state index contributed by atoms with van der Waals surface area (Å²) in [5, 5.41) is 19.3. The van der Waals surface area contributed by atoms with E-state index in [-0.39, 0.29) is 11.5 Å². The Labute approximate surface area is 168 Å². The molecule has 0 aliphatic rings. The van der Waals surface area contributed by atoms with Gasteiger partial charge in [-0.15, -0.1) is 0 Å². The van der Waals surface area contributed by atoms with Gasteiger partial charge in [-0.05, 0) is 49.6 Å². The van der Waals surface area contributed by atoms with Gasteiger partial charge in [-0.3, -0.25) is 9.36 Å². The van der Waals surface area contributed by atoms with Crippen LogP contribution in [0.3, 0.4) is 0 Å². The van der Waals surface area contributed by atoms with Crippen LogP contribution < -0.4 is 5.56 Å². The fourth-order valence-corrected chi connectivity index (χ4v) is 4.05. The molecule has 3 aromatic rings. The molecule has 0 saturated carbocycles. The lowest BCUT2D eigenvalue weighted by molar-refractivity contribution is 0.682. The lowest BCUT2D eigenvalue weighted by Crippen LogP contribution is -2.23. The molecular formula is C22H20N4OS. The fraction of sp³-hybridized carbons (Fsp3) is 0.273. The SMILES string of the molecule is Cc1ccc(C)c(-n2c(SC[C@@H](C#N)CCC#N)nc3ccccc3c2=O)c1. The quantitative estimate of drug-likeness (QED) is 0.457. The Bertz CT molecular complexity index is 1150. The van der Waals surface area contributed by atoms with E-state index in [4.69, 9.17) is 10.2 Å². The molecule has 3 rings (SSSR count). The van der Waals surface area contributed by atoms with Crippen molar-refractivity contribution in [3.63, 3.8) is 0 Å². The standard InChI is InChI=1S/C22H20N4OS/c1-15-9-10-16(2)20(12-15)26-21(27)18-7-3-4-8-19(18)25-22(26)28-14-17(13-24)6-5-11-23/h3-4,7-10,12,17H,5-6,14H2,1-2H3/t17-/m1/s1. The smallest absolute Gasteiger partial charge is 0.266 e. The van der Waals surface area contributed by atoms with E-state index in [1.807, 2.05) is 50.2 Å². The van der Waals surface area contributed by atoms with Crippen LogP contribution in [0, 0.1) is 42.4 Å². The average Bonchev–Trinajstić information content (AvgIpc) is 2.70. The van der Waals surface area contributed by atoms with Gasteiger partial charge in [0.15, 0.2) is 5.16 Å². The van der Waals surface area contributed by atoms with Crippen molar-refractivity contribution in [1.82, 2.24) is 9.55 Å². The van der Waals surface area contributed by atoms with Crippen LogP contribution in [0.2, 0.25) is 0 Å². The van der Waals surface area contributed by atoms with Gasteiger partial charge in [-0.2, -0.15) is 10.5 Å². The summed E-state index contributed by atoms with van der Waals surface area (Å²) in [6, 6.07) is 17.6. The molecule has 0 unspecified atom stereocenters. The molecule has 0 aliphatic carbocycles. The first-order valence-corrected chi connectivity index (χ1v) is 10.0. The Morgan fingerprint density at radius 1 is 1.18 bits per heavy atom. The number of rotatable bonds is 6. The van der Waals surface area contributed by atoms with Crippen LogP contribution in [0.25, 0.3) is 16.6 Å². The third-order valence-electron chi connectivity index (χ3n) is 4.55. The lowest BCUT2D eigenvalue weighted by Gasteiger charge is -2.16. The minimum Gasteiger partial charge on any atom is -0.268 e. The first-order valence-electron chi connectivity index (χ1n) is 9.04. The van der Waals surface area contributed by atoms with E-state index in [1.54, 1.807) is 10.6 Å². The Balaban J connectivity index is 2.13. The molecule has 0 bridgehead atoms. The van der Waals surface area contributed by atoms with Gasteiger partial charge >= 0.3 is 0 Å². The van der Waals surface area contributed by atoms with E-state index in [0.29, 0.717) is 34.7 Å². The molecule has 0 amide bonds. The van der Waals surface area contributed by atoms with Crippen molar-refractivity contribution in [2.45, 2.75) is 31.8 Å². The van der Waals surface area contributed by atoms with Crippen molar-refractivity contribution in [2.24, 2.45) is 5.92 Å². The molecule has 28 heavy (non-hydrogen) atoms. The number of aromatic nitrogens is 2. The third kappa shape index (κ3) is 4.08. The predicted octanol–water partition coefficient (Wildman–Crippen LogP) is 4.54. The zero-order chi connectivity index (χ0) is 20.1. The minimum absolute atomic E-state index is 0.118. The van der Waals surface area contributed by atoms with E-state index in [9.17, 15) is 10.1 Å². The Morgan fingerprint density at radius 3 is 2.71 bits per heavy atom. The second-order valence-corrected chi connectivity index (χ2v) is 7.66. The van der Waals surface area contributed by atoms with Gasteiger partial charge in [-0.25, -0.2) is 4.98 Å². The van der Waals surface area contributed by atoms with Crippen molar-refractivity contribution < 1.29 is 0 Å². The monoisotopic (exact) mass is 388 g/mol. The number of hydrogen-bond donors (Lipinski definition) is 0. The second kappa shape index (κ2) is 8.73. The minimum atomic E-state index is -0.264. The van der Waals surface area contributed by atoms with Crippen LogP contribution in [0.5, 0.6) is 0 Å². The molecule has 2 aromatic carbocycles. The van der Waals surface area contributed by atoms with Crippen LogP contribution in [-0.4, -0.2) is 15.3 Å². The first kappa shape index (κ1) is 19.7. The summed E-state index contributed by atoms with van der Waals surface area (Å²) >= 11 is 1.39. The zero-order valence-electron chi connectivity index (χ0n) is 15.8. The number of nitrogens with zero attached hydrogens (tertiary/aromatic N) is 4. The van der Waals surface area contributed by atoms with Gasteiger partial charge in [0.1, 0.15) is 0 Å². The normalized spacial score (nSPS) is 11.7. The Kier molecular flexibility index (Phi) is 6.13. The number of benzene rings is 2. The van der Waals surface area contributed by atoms with Crippen molar-refractivity contribution >= 4 is 22.7 Å². The van der Waals surface area contributed by atoms with E-state index in [0.717, 1.165) is 16.8 Å². The summed E-state index contributed by atoms with van der Waals surface area (Å²) in [4.78, 5) is 18.0. The third-order valence-corrected chi connectivity index (χ3v) is 5.65. The van der Waals surface area contributed by atoms with E-state index in [2.05, 4.69) is 12.1 Å². The highest BCUT2D eigenvalue weighted by Gasteiger charge is 2.17. The van der Waals surface area contributed by atoms with E-state index >= 15 is 0 Å². The van der Waals surface area contributed by atoms with Crippen molar-refractivity contribution in [3.8, 4) is 17.8 Å². The molecule has 0 fully saturated rings. The maximum Gasteiger partial charge on any atom is 0.266 e. The lowest BCUT2D eigenvalue weighted by atomic mass is 10.1. The Morgan fingerprint density at radius 2 is 1.96 bits per heavy atom. The molecule has 1 atom stereocenters. The van der Waals surface area contributed by atoms with Gasteiger partial charge in [0.05, 0.1) is 34.6 Å². The largest absolute Gasteiger partial charge is 0.268 e. The van der Waals surface area contributed by atoms with E-state index in [1.165, 1.54) is 11.8 Å². The number of hydrogen-bond acceptors (Lipinski definition) is 5. The molecule has 5 nitrogen and oxygen atoms in total. The van der Waals surface area contributed by atoms with Gasteiger partial charge in [-0.1, -0.05) is 36.0 Å². The topological polar surface area (TPSA) is 82.5 Å². The summed E-state index contributed by atoms with van der Waals surface area (Å²) in [6.07, 6.45) is 0.856. The second-order valence-electron chi connectivity index (χ2n) is 6.68. The molecule has 0 aliphatic heterocycles. The summed E-state index contributed by atoms with van der Waals surface area (Å²) in [5.41, 5.74) is 3.36. The highest BCUT2D eigenvalue weighted by atomic mass is 32.2. The summed E-state index contributed by atoms with van der Waals surface area (Å²) in [5.74, 6) is 0.216. The van der Waals surface area contributed by atoms with Crippen molar-refractivity contribution in [2.75, 3.05) is 5.75 Å². The molecule has 0 radical (unpaired) electrons. The molecule has 1 heterocycles. The zero-order valence-corrected chi connectivity index (χ0v) is 16.7. The predicted molar refractivity (Wildman–Crippen MR) is 111 cm³/mol. The van der Waals surface area contributed by atoms with Crippen molar-refractivity contribution in [1.29, 1.82) is 10.5 Å². The highest BCUT2D eigenvalue weighted by Crippen LogP contribution is 2.26. The van der Waals surface area contributed by atoms with Gasteiger partial charge in [0.25, 0.3) is 5.56 Å². The van der Waals surface area contributed by atoms with Crippen molar-refractivity contribution in [3.05, 3.63) is 63.9 Å². The molecule has 0 N–H and O–H groups in total. The van der Waals surface area contributed by atoms with Crippen LogP contribution >= 0.6 is 11.8 Å². The maximum atomic E-state index is 13.3. The first-order chi connectivity index (χ1) is 13.5. The van der Waals surface area contributed by atoms with Gasteiger partial charge in [0.2, 0.25) is 0 Å². The van der Waals surface area contributed by atoms with Crippen LogP contribution in [0.4, 0.5) is 0 Å². The molecule has 6 heteroatoms. The molecular weight excluding hydrogens is 368 g/mol. The van der Waals surface area contributed by atoms with Crippen LogP contribution in [0.1, 0.15) is 24.0 Å². The highest BCUT2D eigenvalue weighted by molar-refractivity contribution is 7.99. The number of fused-ring (bicyclic) bond motifs is 1. The summed E-state index contributed by atoms with van der Waals surface area (Å²) in [7, 11) is 0. The average molecular weight is 388 g/mol. The number of nitriles is 2. The van der Waals surface area contributed by atoms with Gasteiger partial charge < -0.3 is 0 Å². The van der Waals surface area contributed by atoms with E-state index < -0.39 is 0 Å². The number of thioether (sulfide) groups is 1. The summed E-state index contributed by atoms with van der Waals surface area (Å²) < 4.78 is 1.65. The fourth-order valence-electron chi connectivity index (χ4n) is 2.98. The molecule has 140 valence electrons. The Hall–Kier alpha value is -3.09. The number of aryl methyl sites for hydroxylation is 2. The molecule has 0 saturated heterocycles. The maximum absolute atomic E-state index is 13.3. The molecule has 1 aromatic heterocycles. The van der Waals surface area contributed by atoms with Gasteiger partial charge in [0, 0.05) is 12.2 Å². The van der Waals surface area contributed by atoms with Crippen LogP contribution in [0.15, 0.2) is 52.4 Å². The molecule has 0 spiro atoms.